The van der Waals surface area contributed by atoms with Gasteiger partial charge in [0.2, 0.25) is 0 Å². The molecule has 0 aliphatic heterocycles. The molecular weight excluding hydrogens is 317 g/mol. The lowest BCUT2D eigenvalue weighted by atomic mass is 9.92. The van der Waals surface area contributed by atoms with Crippen LogP contribution in [-0.4, -0.2) is 18.2 Å². The summed E-state index contributed by atoms with van der Waals surface area (Å²) in [6.07, 6.45) is 1.49. The predicted octanol–water partition coefficient (Wildman–Crippen LogP) is 3.70. The molecule has 7 heteroatoms. The number of sulfonamides is 1. The average Bonchev–Trinajstić information content (AvgIpc) is 2.87. The minimum absolute atomic E-state index is 0.0218. The molecule has 0 aliphatic carbocycles. The lowest BCUT2D eigenvalue weighted by Crippen LogP contribution is -2.20. The van der Waals surface area contributed by atoms with Crippen molar-refractivity contribution < 1.29 is 12.8 Å². The first-order valence-electron chi connectivity index (χ1n) is 7.39. The van der Waals surface area contributed by atoms with E-state index in [0.29, 0.717) is 5.69 Å². The Labute approximate surface area is 136 Å². The van der Waals surface area contributed by atoms with Crippen LogP contribution < -0.4 is 4.72 Å². The minimum atomic E-state index is -3.94. The fourth-order valence-electron chi connectivity index (χ4n) is 2.10. The fourth-order valence-corrected chi connectivity index (χ4v) is 3.51. The second-order valence-corrected chi connectivity index (χ2v) is 8.40. The lowest BCUT2D eigenvalue weighted by Gasteiger charge is -2.18. The van der Waals surface area contributed by atoms with Crippen LogP contribution >= 0.6 is 0 Å². The molecule has 0 unspecified atom stereocenters. The first-order chi connectivity index (χ1) is 10.5. The topological polar surface area (TPSA) is 64.0 Å². The standard InChI is InChI=1S/C16H22FN3O2S/c1-11(2)20-10-14(15(18-20)16(3,4)5)23(21,22)19-13-9-7-6-8-12(13)17/h6-11,19H,1-5H3. The van der Waals surface area contributed by atoms with E-state index in [-0.39, 0.29) is 16.6 Å². The number of nitrogens with zero attached hydrogens (tertiary/aromatic N) is 2. The summed E-state index contributed by atoms with van der Waals surface area (Å²) in [7, 11) is -3.94. The SMILES string of the molecule is CC(C)n1cc(S(=O)(=O)Nc2ccccc2F)c(C(C)(C)C)n1. The highest BCUT2D eigenvalue weighted by molar-refractivity contribution is 7.92. The summed E-state index contributed by atoms with van der Waals surface area (Å²) >= 11 is 0. The monoisotopic (exact) mass is 339 g/mol. The molecule has 0 atom stereocenters. The Morgan fingerprint density at radius 1 is 1.22 bits per heavy atom. The van der Waals surface area contributed by atoms with Gasteiger partial charge in [0.15, 0.2) is 0 Å². The summed E-state index contributed by atoms with van der Waals surface area (Å²) in [5.74, 6) is -0.621. The number of hydrogen-bond acceptors (Lipinski definition) is 3. The quantitative estimate of drug-likeness (QED) is 0.924. The van der Waals surface area contributed by atoms with Gasteiger partial charge in [-0.15, -0.1) is 0 Å². The second-order valence-electron chi connectivity index (χ2n) is 6.75. The molecular formula is C16H22FN3O2S. The van der Waals surface area contributed by atoms with Crippen LogP contribution in [0.4, 0.5) is 10.1 Å². The zero-order valence-corrected chi connectivity index (χ0v) is 14.8. The number of para-hydroxylation sites is 1. The van der Waals surface area contributed by atoms with E-state index in [1.54, 1.807) is 10.7 Å². The second kappa shape index (κ2) is 5.96. The van der Waals surface area contributed by atoms with Crippen LogP contribution in [0.1, 0.15) is 46.4 Å². The number of aromatic nitrogens is 2. The Kier molecular flexibility index (Phi) is 4.52. The van der Waals surface area contributed by atoms with Gasteiger partial charge in [0.05, 0.1) is 11.4 Å². The highest BCUT2D eigenvalue weighted by Crippen LogP contribution is 2.30. The molecule has 1 aromatic carbocycles. The molecule has 2 rings (SSSR count). The zero-order valence-electron chi connectivity index (χ0n) is 14.0. The van der Waals surface area contributed by atoms with Crippen LogP contribution in [-0.2, 0) is 15.4 Å². The smallest absolute Gasteiger partial charge is 0.265 e. The van der Waals surface area contributed by atoms with Gasteiger partial charge in [0.25, 0.3) is 10.0 Å². The van der Waals surface area contributed by atoms with Crippen LogP contribution in [0.5, 0.6) is 0 Å². The molecule has 126 valence electrons. The first-order valence-corrected chi connectivity index (χ1v) is 8.87. The maximum absolute atomic E-state index is 13.8. The summed E-state index contributed by atoms with van der Waals surface area (Å²) in [5.41, 5.74) is -0.0842. The number of anilines is 1. The van der Waals surface area contributed by atoms with Gasteiger partial charge in [0.1, 0.15) is 10.7 Å². The normalized spacial score (nSPS) is 12.7. The Morgan fingerprint density at radius 2 is 1.83 bits per heavy atom. The van der Waals surface area contributed by atoms with Gasteiger partial charge in [-0.3, -0.25) is 9.40 Å². The molecule has 0 amide bonds. The Bertz CT molecular complexity index is 805. The zero-order chi connectivity index (χ0) is 17.4. The minimum Gasteiger partial charge on any atom is -0.277 e. The Balaban J connectivity index is 2.53. The summed E-state index contributed by atoms with van der Waals surface area (Å²) in [4.78, 5) is 0.0713. The van der Waals surface area contributed by atoms with Gasteiger partial charge in [-0.1, -0.05) is 32.9 Å². The fraction of sp³-hybridized carbons (Fsp3) is 0.438. The van der Waals surface area contributed by atoms with Crippen LogP contribution in [0.2, 0.25) is 0 Å². The summed E-state index contributed by atoms with van der Waals surface area (Å²) in [5, 5.41) is 4.42. The third-order valence-corrected chi connectivity index (χ3v) is 4.71. The predicted molar refractivity (Wildman–Crippen MR) is 88.5 cm³/mol. The molecule has 0 fully saturated rings. The number of benzene rings is 1. The number of hydrogen-bond donors (Lipinski definition) is 1. The Morgan fingerprint density at radius 3 is 2.35 bits per heavy atom. The van der Waals surface area contributed by atoms with Crippen molar-refractivity contribution in [1.82, 2.24) is 9.78 Å². The van der Waals surface area contributed by atoms with Crippen LogP contribution in [0.15, 0.2) is 35.4 Å². The van der Waals surface area contributed by atoms with E-state index in [9.17, 15) is 12.8 Å². The lowest BCUT2D eigenvalue weighted by molar-refractivity contribution is 0.493. The molecule has 1 aromatic heterocycles. The third kappa shape index (κ3) is 3.72. The number of halogens is 1. The van der Waals surface area contributed by atoms with Gasteiger partial charge in [-0.2, -0.15) is 5.10 Å². The van der Waals surface area contributed by atoms with Crippen LogP contribution in [0, 0.1) is 5.82 Å². The van der Waals surface area contributed by atoms with Gasteiger partial charge in [0, 0.05) is 17.7 Å². The van der Waals surface area contributed by atoms with Crippen molar-refractivity contribution >= 4 is 15.7 Å². The molecule has 0 bridgehead atoms. The van der Waals surface area contributed by atoms with E-state index in [1.165, 1.54) is 24.4 Å². The molecule has 5 nitrogen and oxygen atoms in total. The maximum atomic E-state index is 13.8. The molecule has 1 heterocycles. The highest BCUT2D eigenvalue weighted by atomic mass is 32.2. The third-order valence-electron chi connectivity index (χ3n) is 3.35. The molecule has 0 saturated carbocycles. The molecule has 23 heavy (non-hydrogen) atoms. The van der Waals surface area contributed by atoms with Crippen molar-refractivity contribution in [3.8, 4) is 0 Å². The van der Waals surface area contributed by atoms with Crippen molar-refractivity contribution in [1.29, 1.82) is 0 Å². The van der Waals surface area contributed by atoms with E-state index >= 15 is 0 Å². The van der Waals surface area contributed by atoms with Crippen molar-refractivity contribution in [2.45, 2.75) is 51.0 Å². The molecule has 0 spiro atoms. The Hall–Kier alpha value is -1.89. The highest BCUT2D eigenvalue weighted by Gasteiger charge is 2.30. The summed E-state index contributed by atoms with van der Waals surface area (Å²) in [6, 6.07) is 5.69. The van der Waals surface area contributed by atoms with E-state index in [4.69, 9.17) is 0 Å². The van der Waals surface area contributed by atoms with E-state index < -0.39 is 21.3 Å². The van der Waals surface area contributed by atoms with Crippen LogP contribution in [0.25, 0.3) is 0 Å². The van der Waals surface area contributed by atoms with E-state index in [1.807, 2.05) is 34.6 Å². The van der Waals surface area contributed by atoms with E-state index in [0.717, 1.165) is 0 Å². The van der Waals surface area contributed by atoms with E-state index in [2.05, 4.69) is 9.82 Å². The summed E-state index contributed by atoms with van der Waals surface area (Å²) in [6.45, 7) is 9.51. The maximum Gasteiger partial charge on any atom is 0.265 e. The molecule has 2 aromatic rings. The molecule has 0 aliphatic rings. The first kappa shape index (κ1) is 17.5. The van der Waals surface area contributed by atoms with Crippen molar-refractivity contribution in [2.75, 3.05) is 4.72 Å². The van der Waals surface area contributed by atoms with Gasteiger partial charge in [-0.25, -0.2) is 12.8 Å². The van der Waals surface area contributed by atoms with Crippen LogP contribution in [0.3, 0.4) is 0 Å². The van der Waals surface area contributed by atoms with Gasteiger partial charge < -0.3 is 0 Å². The average molecular weight is 339 g/mol. The number of rotatable bonds is 4. The molecule has 1 N–H and O–H groups in total. The van der Waals surface area contributed by atoms with Crippen molar-refractivity contribution in [2.24, 2.45) is 0 Å². The largest absolute Gasteiger partial charge is 0.277 e. The molecule has 0 saturated heterocycles. The van der Waals surface area contributed by atoms with Gasteiger partial charge >= 0.3 is 0 Å². The number of nitrogens with one attached hydrogen (secondary N) is 1. The molecule has 0 radical (unpaired) electrons. The van der Waals surface area contributed by atoms with Crippen molar-refractivity contribution in [3.05, 3.63) is 42.0 Å². The van der Waals surface area contributed by atoms with Crippen molar-refractivity contribution in [3.63, 3.8) is 0 Å². The van der Waals surface area contributed by atoms with Gasteiger partial charge in [-0.05, 0) is 26.0 Å². The summed E-state index contributed by atoms with van der Waals surface area (Å²) < 4.78 is 43.1.